The largest absolute Gasteiger partial charge is 0.370 e. The smallest absolute Gasteiger partial charge is 0.191 e. The zero-order valence-electron chi connectivity index (χ0n) is 11.3. The van der Waals surface area contributed by atoms with E-state index >= 15 is 0 Å². The average Bonchev–Trinajstić information content (AvgIpc) is 2.42. The van der Waals surface area contributed by atoms with E-state index in [1.165, 1.54) is 11.1 Å². The highest BCUT2D eigenvalue weighted by Crippen LogP contribution is 2.09. The maximum Gasteiger partial charge on any atom is 0.191 e. The van der Waals surface area contributed by atoms with Crippen molar-refractivity contribution in [2.75, 3.05) is 31.1 Å². The first-order chi connectivity index (χ1) is 8.77. The molecule has 106 valence electrons. The normalized spacial score (nSPS) is 16.1. The monoisotopic (exact) mass is 391 g/mol. The van der Waals surface area contributed by atoms with Crippen LogP contribution in [0.15, 0.2) is 29.3 Å². The minimum atomic E-state index is 0. The average molecular weight is 391 g/mol. The van der Waals surface area contributed by atoms with Crippen LogP contribution in [-0.4, -0.2) is 42.0 Å². The molecule has 0 aromatic heterocycles. The van der Waals surface area contributed by atoms with Crippen molar-refractivity contribution in [1.82, 2.24) is 4.90 Å². The Balaban J connectivity index is 0.00000180. The molecule has 1 saturated heterocycles. The molecule has 1 aliphatic rings. The maximum atomic E-state index is 6.02. The Kier molecular flexibility index (Phi) is 7.60. The van der Waals surface area contributed by atoms with E-state index in [0.717, 1.165) is 37.6 Å². The SMILES string of the molecule is Cc1ccccc1CCN=C(N)N1CCSCC1.I. The summed E-state index contributed by atoms with van der Waals surface area (Å²) in [5.41, 5.74) is 8.72. The van der Waals surface area contributed by atoms with Crippen LogP contribution >= 0.6 is 35.7 Å². The van der Waals surface area contributed by atoms with Crippen molar-refractivity contribution in [2.24, 2.45) is 10.7 Å². The lowest BCUT2D eigenvalue weighted by molar-refractivity contribution is 0.456. The molecule has 5 heteroatoms. The Morgan fingerprint density at radius 3 is 2.68 bits per heavy atom. The molecule has 19 heavy (non-hydrogen) atoms. The van der Waals surface area contributed by atoms with Crippen molar-refractivity contribution in [3.63, 3.8) is 0 Å². The van der Waals surface area contributed by atoms with Crippen LogP contribution in [0.5, 0.6) is 0 Å². The van der Waals surface area contributed by atoms with Gasteiger partial charge in [0.15, 0.2) is 5.96 Å². The Morgan fingerprint density at radius 1 is 1.32 bits per heavy atom. The van der Waals surface area contributed by atoms with Crippen molar-refractivity contribution >= 4 is 41.7 Å². The fourth-order valence-corrected chi connectivity index (χ4v) is 2.98. The van der Waals surface area contributed by atoms with Gasteiger partial charge in [-0.1, -0.05) is 24.3 Å². The predicted molar refractivity (Wildman–Crippen MR) is 95.7 cm³/mol. The van der Waals surface area contributed by atoms with E-state index in [4.69, 9.17) is 5.73 Å². The Hall–Kier alpha value is -0.430. The molecule has 0 spiro atoms. The van der Waals surface area contributed by atoms with Crippen LogP contribution in [0.4, 0.5) is 0 Å². The second kappa shape index (κ2) is 8.68. The topological polar surface area (TPSA) is 41.6 Å². The number of guanidine groups is 1. The summed E-state index contributed by atoms with van der Waals surface area (Å²) in [6.45, 7) is 4.99. The Bertz CT molecular complexity index is 417. The zero-order chi connectivity index (χ0) is 12.8. The number of hydrogen-bond acceptors (Lipinski definition) is 2. The molecule has 1 fully saturated rings. The molecular weight excluding hydrogens is 369 g/mol. The highest BCUT2D eigenvalue weighted by Gasteiger charge is 2.11. The van der Waals surface area contributed by atoms with Crippen LogP contribution in [0, 0.1) is 6.92 Å². The van der Waals surface area contributed by atoms with Gasteiger partial charge in [-0.3, -0.25) is 4.99 Å². The molecule has 2 N–H and O–H groups in total. The molecule has 1 aliphatic heterocycles. The van der Waals surface area contributed by atoms with E-state index in [0.29, 0.717) is 5.96 Å². The number of aliphatic imine (C=N–C) groups is 1. The number of benzene rings is 1. The maximum absolute atomic E-state index is 6.02. The first-order valence-electron chi connectivity index (χ1n) is 6.44. The third-order valence-electron chi connectivity index (χ3n) is 3.25. The zero-order valence-corrected chi connectivity index (χ0v) is 14.5. The minimum absolute atomic E-state index is 0. The van der Waals surface area contributed by atoms with Gasteiger partial charge in [0.1, 0.15) is 0 Å². The van der Waals surface area contributed by atoms with E-state index in [9.17, 15) is 0 Å². The number of nitrogens with two attached hydrogens (primary N) is 1. The number of rotatable bonds is 3. The predicted octanol–water partition coefficient (Wildman–Crippen LogP) is 2.52. The van der Waals surface area contributed by atoms with E-state index in [1.807, 2.05) is 11.8 Å². The van der Waals surface area contributed by atoms with Crippen LogP contribution in [-0.2, 0) is 6.42 Å². The van der Waals surface area contributed by atoms with Crippen LogP contribution in [0.1, 0.15) is 11.1 Å². The second-order valence-corrected chi connectivity index (χ2v) is 5.74. The van der Waals surface area contributed by atoms with E-state index in [1.54, 1.807) is 0 Å². The number of nitrogens with zero attached hydrogens (tertiary/aromatic N) is 2. The van der Waals surface area contributed by atoms with Crippen LogP contribution < -0.4 is 5.73 Å². The van der Waals surface area contributed by atoms with Crippen molar-refractivity contribution in [3.05, 3.63) is 35.4 Å². The number of hydrogen-bond donors (Lipinski definition) is 1. The summed E-state index contributed by atoms with van der Waals surface area (Å²) in [6, 6.07) is 8.46. The molecule has 2 rings (SSSR count). The van der Waals surface area contributed by atoms with E-state index in [2.05, 4.69) is 41.1 Å². The quantitative estimate of drug-likeness (QED) is 0.489. The van der Waals surface area contributed by atoms with Gasteiger partial charge in [0, 0.05) is 31.1 Å². The highest BCUT2D eigenvalue weighted by molar-refractivity contribution is 14.0. The van der Waals surface area contributed by atoms with Gasteiger partial charge in [-0.05, 0) is 24.5 Å². The van der Waals surface area contributed by atoms with Gasteiger partial charge in [-0.15, -0.1) is 24.0 Å². The van der Waals surface area contributed by atoms with Gasteiger partial charge in [0.05, 0.1) is 0 Å². The molecule has 0 amide bonds. The van der Waals surface area contributed by atoms with Gasteiger partial charge in [-0.2, -0.15) is 11.8 Å². The molecule has 1 aromatic carbocycles. The second-order valence-electron chi connectivity index (χ2n) is 4.52. The molecule has 3 nitrogen and oxygen atoms in total. The summed E-state index contributed by atoms with van der Waals surface area (Å²) in [7, 11) is 0. The van der Waals surface area contributed by atoms with Gasteiger partial charge >= 0.3 is 0 Å². The molecule has 0 aliphatic carbocycles. The molecular formula is C14H22IN3S. The summed E-state index contributed by atoms with van der Waals surface area (Å²) in [5.74, 6) is 3.03. The molecule has 0 unspecified atom stereocenters. The van der Waals surface area contributed by atoms with Gasteiger partial charge < -0.3 is 10.6 Å². The fourth-order valence-electron chi connectivity index (χ4n) is 2.07. The summed E-state index contributed by atoms with van der Waals surface area (Å²) in [4.78, 5) is 6.68. The van der Waals surface area contributed by atoms with Crippen LogP contribution in [0.2, 0.25) is 0 Å². The van der Waals surface area contributed by atoms with Crippen LogP contribution in [0.25, 0.3) is 0 Å². The van der Waals surface area contributed by atoms with Gasteiger partial charge in [-0.25, -0.2) is 0 Å². The molecule has 1 heterocycles. The lowest BCUT2D eigenvalue weighted by Gasteiger charge is -2.27. The number of thioether (sulfide) groups is 1. The Labute approximate surface area is 137 Å². The third kappa shape index (κ3) is 5.22. The lowest BCUT2D eigenvalue weighted by Crippen LogP contribution is -2.42. The summed E-state index contributed by atoms with van der Waals surface area (Å²) in [5, 5.41) is 0. The number of halogens is 1. The summed E-state index contributed by atoms with van der Waals surface area (Å²) < 4.78 is 0. The Morgan fingerprint density at radius 2 is 2.00 bits per heavy atom. The summed E-state index contributed by atoms with van der Waals surface area (Å²) >= 11 is 1.99. The minimum Gasteiger partial charge on any atom is -0.370 e. The molecule has 0 radical (unpaired) electrons. The first kappa shape index (κ1) is 16.6. The highest BCUT2D eigenvalue weighted by atomic mass is 127. The van der Waals surface area contributed by atoms with Crippen molar-refractivity contribution in [2.45, 2.75) is 13.3 Å². The third-order valence-corrected chi connectivity index (χ3v) is 4.19. The lowest BCUT2D eigenvalue weighted by atomic mass is 10.1. The fraction of sp³-hybridized carbons (Fsp3) is 0.500. The van der Waals surface area contributed by atoms with Crippen LogP contribution in [0.3, 0.4) is 0 Å². The van der Waals surface area contributed by atoms with Gasteiger partial charge in [0.2, 0.25) is 0 Å². The van der Waals surface area contributed by atoms with E-state index < -0.39 is 0 Å². The van der Waals surface area contributed by atoms with E-state index in [-0.39, 0.29) is 24.0 Å². The first-order valence-corrected chi connectivity index (χ1v) is 7.60. The molecule has 1 aromatic rings. The van der Waals surface area contributed by atoms with Crippen molar-refractivity contribution < 1.29 is 0 Å². The van der Waals surface area contributed by atoms with Crippen molar-refractivity contribution in [1.29, 1.82) is 0 Å². The van der Waals surface area contributed by atoms with Crippen molar-refractivity contribution in [3.8, 4) is 0 Å². The molecule has 0 saturated carbocycles. The van der Waals surface area contributed by atoms with Gasteiger partial charge in [0.25, 0.3) is 0 Å². The molecule has 0 atom stereocenters. The standard InChI is InChI=1S/C14H21N3S.HI/c1-12-4-2-3-5-13(12)6-7-16-14(15)17-8-10-18-11-9-17;/h2-5H,6-11H2,1H3,(H2,15,16);1H. The molecule has 0 bridgehead atoms. The number of aryl methyl sites for hydroxylation is 1. The summed E-state index contributed by atoms with van der Waals surface area (Å²) in [6.07, 6.45) is 0.968.